The fraction of sp³-hybridized carbons (Fsp3) is 0.0714. The summed E-state index contributed by atoms with van der Waals surface area (Å²) in [6.07, 6.45) is 2.33. The Morgan fingerprint density at radius 3 is 2.72 bits per heavy atom. The maximum atomic E-state index is 11.7. The first kappa shape index (κ1) is 11.0. The molecule has 0 N–H and O–H groups in total. The molecule has 88 valence electrons. The van der Waals surface area contributed by atoms with Crippen molar-refractivity contribution in [1.82, 2.24) is 9.97 Å². The summed E-state index contributed by atoms with van der Waals surface area (Å²) < 4.78 is 0.630. The fourth-order valence-corrected chi connectivity index (χ4v) is 2.63. The van der Waals surface area contributed by atoms with Gasteiger partial charge in [-0.3, -0.25) is 4.79 Å². The molecule has 4 heteroatoms. The van der Waals surface area contributed by atoms with Gasteiger partial charge in [-0.25, -0.2) is 9.97 Å². The molecule has 0 amide bonds. The minimum atomic E-state index is -0.202. The second-order valence-corrected chi connectivity index (χ2v) is 4.82. The average molecular weight is 254 g/mol. The number of benzene rings is 1. The van der Waals surface area contributed by atoms with Crippen molar-refractivity contribution in [1.29, 1.82) is 0 Å². The lowest BCUT2D eigenvalue weighted by Crippen LogP contribution is -1.98. The van der Waals surface area contributed by atoms with Crippen LogP contribution in [0.3, 0.4) is 0 Å². The van der Waals surface area contributed by atoms with Gasteiger partial charge in [0.1, 0.15) is 4.70 Å². The molecule has 0 saturated carbocycles. The highest BCUT2D eigenvalue weighted by atomic mass is 32.1. The van der Waals surface area contributed by atoms with Crippen LogP contribution in [0.1, 0.15) is 11.1 Å². The van der Waals surface area contributed by atoms with Crippen molar-refractivity contribution >= 4 is 21.6 Å². The highest BCUT2D eigenvalue weighted by Crippen LogP contribution is 2.19. The molecule has 0 bridgehead atoms. The van der Waals surface area contributed by atoms with Gasteiger partial charge in [0.2, 0.25) is 0 Å². The highest BCUT2D eigenvalue weighted by Gasteiger charge is 2.06. The Labute approximate surface area is 108 Å². The van der Waals surface area contributed by atoms with E-state index >= 15 is 0 Å². The Hall–Kier alpha value is -2.07. The van der Waals surface area contributed by atoms with Crippen LogP contribution in [0, 0.1) is 0 Å². The largest absolute Gasteiger partial charge is 0.289 e. The predicted octanol–water partition coefficient (Wildman–Crippen LogP) is 2.64. The maximum absolute atomic E-state index is 11.7. The molecule has 3 rings (SSSR count). The summed E-state index contributed by atoms with van der Waals surface area (Å²) in [4.78, 5) is 19.9. The first-order valence-corrected chi connectivity index (χ1v) is 6.48. The van der Waals surface area contributed by atoms with Crippen LogP contribution in [0.25, 0.3) is 10.2 Å². The van der Waals surface area contributed by atoms with E-state index in [0.717, 1.165) is 17.5 Å². The third-order valence-corrected chi connectivity index (χ3v) is 3.59. The minimum absolute atomic E-state index is 0.202. The summed E-state index contributed by atoms with van der Waals surface area (Å²) in [6.45, 7) is 0. The molecule has 3 aromatic rings. The van der Waals surface area contributed by atoms with Crippen LogP contribution in [0.15, 0.2) is 52.9 Å². The molecule has 0 fully saturated rings. The van der Waals surface area contributed by atoms with E-state index in [0.29, 0.717) is 4.70 Å². The summed E-state index contributed by atoms with van der Waals surface area (Å²) in [6, 6.07) is 12.0. The van der Waals surface area contributed by atoms with Crippen molar-refractivity contribution in [3.63, 3.8) is 0 Å². The molecule has 0 unspecified atom stereocenters. The lowest BCUT2D eigenvalue weighted by atomic mass is 10.1. The van der Waals surface area contributed by atoms with E-state index in [4.69, 9.17) is 0 Å². The van der Waals surface area contributed by atoms with Crippen molar-refractivity contribution in [3.8, 4) is 0 Å². The second-order valence-electron chi connectivity index (χ2n) is 3.97. The molecule has 0 spiro atoms. The number of hydrogen-bond donors (Lipinski definition) is 0. The van der Waals surface area contributed by atoms with E-state index in [2.05, 4.69) is 22.1 Å². The molecule has 2 aromatic heterocycles. The lowest BCUT2D eigenvalue weighted by Gasteiger charge is -1.99. The second kappa shape index (κ2) is 4.66. The topological polar surface area (TPSA) is 42.9 Å². The van der Waals surface area contributed by atoms with E-state index in [9.17, 15) is 4.79 Å². The molecule has 0 aliphatic heterocycles. The van der Waals surface area contributed by atoms with Gasteiger partial charge in [-0.1, -0.05) is 30.3 Å². The Kier molecular flexibility index (Phi) is 2.86. The third kappa shape index (κ3) is 2.02. The molecular weight excluding hydrogens is 244 g/mol. The third-order valence-electron chi connectivity index (χ3n) is 2.77. The van der Waals surface area contributed by atoms with Crippen LogP contribution in [0.5, 0.6) is 0 Å². The van der Waals surface area contributed by atoms with Gasteiger partial charge in [0.25, 0.3) is 5.56 Å². The fourth-order valence-electron chi connectivity index (χ4n) is 1.92. The van der Waals surface area contributed by atoms with Crippen molar-refractivity contribution in [3.05, 3.63) is 69.6 Å². The Balaban J connectivity index is 2.16. The van der Waals surface area contributed by atoms with Crippen molar-refractivity contribution in [2.45, 2.75) is 6.42 Å². The van der Waals surface area contributed by atoms with Gasteiger partial charge in [0.15, 0.2) is 0 Å². The first-order chi connectivity index (χ1) is 8.84. The zero-order chi connectivity index (χ0) is 12.4. The molecule has 0 atom stereocenters. The van der Waals surface area contributed by atoms with E-state index in [1.807, 2.05) is 24.3 Å². The summed E-state index contributed by atoms with van der Waals surface area (Å²) >= 11 is 1.35. The van der Waals surface area contributed by atoms with Crippen LogP contribution in [-0.4, -0.2) is 9.97 Å². The number of aromatic nitrogens is 2. The summed E-state index contributed by atoms with van der Waals surface area (Å²) in [5, 5.41) is 0. The number of thiazole rings is 1. The molecule has 0 radical (unpaired) electrons. The quantitative estimate of drug-likeness (QED) is 0.706. The van der Waals surface area contributed by atoms with E-state index in [1.54, 1.807) is 11.7 Å². The molecular formula is C14H10N2OS. The lowest BCUT2D eigenvalue weighted by molar-refractivity contribution is 1.20. The normalized spacial score (nSPS) is 10.7. The standard InChI is InChI=1S/C14H10N2OS/c17-14-13-12(16-9-18-13)11(6-7-15-14)8-10-4-2-1-3-5-10/h1-7,9H,8H2. The monoisotopic (exact) mass is 254 g/mol. The van der Waals surface area contributed by atoms with Crippen LogP contribution >= 0.6 is 11.3 Å². The number of nitrogens with zero attached hydrogens (tertiary/aromatic N) is 2. The van der Waals surface area contributed by atoms with E-state index in [1.165, 1.54) is 16.9 Å². The van der Waals surface area contributed by atoms with Gasteiger partial charge < -0.3 is 0 Å². The molecule has 0 aliphatic carbocycles. The van der Waals surface area contributed by atoms with E-state index in [-0.39, 0.29) is 5.56 Å². The molecule has 1 aromatic carbocycles. The molecule has 0 saturated heterocycles. The highest BCUT2D eigenvalue weighted by molar-refractivity contribution is 7.16. The maximum Gasteiger partial charge on any atom is 0.289 e. The SMILES string of the molecule is O=c1nccc(Cc2ccccc2)c2ncsc12. The summed E-state index contributed by atoms with van der Waals surface area (Å²) in [5.74, 6) is 0. The Morgan fingerprint density at radius 2 is 1.89 bits per heavy atom. The van der Waals surface area contributed by atoms with Crippen LogP contribution < -0.4 is 5.56 Å². The molecule has 2 heterocycles. The van der Waals surface area contributed by atoms with Gasteiger partial charge in [-0.15, -0.1) is 11.3 Å². The number of rotatable bonds is 2. The zero-order valence-electron chi connectivity index (χ0n) is 9.54. The smallest absolute Gasteiger partial charge is 0.266 e. The summed E-state index contributed by atoms with van der Waals surface area (Å²) in [5.41, 5.74) is 4.50. The average Bonchev–Trinajstić information content (AvgIpc) is 2.83. The van der Waals surface area contributed by atoms with Crippen molar-refractivity contribution < 1.29 is 0 Å². The van der Waals surface area contributed by atoms with Gasteiger partial charge >= 0.3 is 0 Å². The molecule has 18 heavy (non-hydrogen) atoms. The first-order valence-electron chi connectivity index (χ1n) is 5.60. The Bertz CT molecular complexity index is 737. The molecule has 0 aliphatic rings. The van der Waals surface area contributed by atoms with Crippen molar-refractivity contribution in [2.24, 2.45) is 0 Å². The predicted molar refractivity (Wildman–Crippen MR) is 72.9 cm³/mol. The Morgan fingerprint density at radius 1 is 1.06 bits per heavy atom. The summed E-state index contributed by atoms with van der Waals surface area (Å²) in [7, 11) is 0. The minimum Gasteiger partial charge on any atom is -0.266 e. The van der Waals surface area contributed by atoms with Gasteiger partial charge in [0.05, 0.1) is 11.0 Å². The van der Waals surface area contributed by atoms with Gasteiger partial charge in [-0.05, 0) is 23.6 Å². The van der Waals surface area contributed by atoms with Crippen molar-refractivity contribution in [2.75, 3.05) is 0 Å². The van der Waals surface area contributed by atoms with Crippen LogP contribution in [0.2, 0.25) is 0 Å². The van der Waals surface area contributed by atoms with Gasteiger partial charge in [-0.2, -0.15) is 0 Å². The van der Waals surface area contributed by atoms with E-state index < -0.39 is 0 Å². The number of fused-ring (bicyclic) bond motifs is 1. The number of hydrogen-bond acceptors (Lipinski definition) is 4. The van der Waals surface area contributed by atoms with Crippen LogP contribution in [0.4, 0.5) is 0 Å². The van der Waals surface area contributed by atoms with Gasteiger partial charge in [0, 0.05) is 6.20 Å². The zero-order valence-corrected chi connectivity index (χ0v) is 10.4. The van der Waals surface area contributed by atoms with Crippen LogP contribution in [-0.2, 0) is 6.42 Å². The molecule has 3 nitrogen and oxygen atoms in total.